The van der Waals surface area contributed by atoms with Gasteiger partial charge in [0, 0.05) is 6.42 Å². The van der Waals surface area contributed by atoms with Crippen LogP contribution in [0.25, 0.3) is 0 Å². The Morgan fingerprint density at radius 1 is 1.29 bits per heavy atom. The largest absolute Gasteiger partial charge is 0.492 e. The van der Waals surface area contributed by atoms with Crippen LogP contribution in [0.15, 0.2) is 24.3 Å². The Kier molecular flexibility index (Phi) is 7.83. The third kappa shape index (κ3) is 6.17. The van der Waals surface area contributed by atoms with Gasteiger partial charge in [-0.15, -0.1) is 0 Å². The molecular formula is C17H28N2O2. The second-order valence-corrected chi connectivity index (χ2v) is 5.60. The highest BCUT2D eigenvalue weighted by atomic mass is 16.5. The van der Waals surface area contributed by atoms with Crippen LogP contribution in [0.2, 0.25) is 0 Å². The molecule has 0 aliphatic rings. The summed E-state index contributed by atoms with van der Waals surface area (Å²) in [5.74, 6) is 1.81. The molecule has 118 valence electrons. The highest BCUT2D eigenvalue weighted by molar-refractivity contribution is 5.92. The Morgan fingerprint density at radius 3 is 2.62 bits per heavy atom. The highest BCUT2D eigenvalue weighted by Gasteiger charge is 2.15. The summed E-state index contributed by atoms with van der Waals surface area (Å²) in [6.07, 6.45) is 2.36. The first-order valence-electron chi connectivity index (χ1n) is 7.80. The van der Waals surface area contributed by atoms with Crippen molar-refractivity contribution in [1.82, 2.24) is 0 Å². The molecule has 0 aliphatic heterocycles. The molecule has 3 N–H and O–H groups in total. The normalized spacial score (nSPS) is 12.2. The Labute approximate surface area is 128 Å². The maximum atomic E-state index is 12.1. The smallest absolute Gasteiger partial charge is 0.224 e. The van der Waals surface area contributed by atoms with E-state index in [1.165, 1.54) is 0 Å². The summed E-state index contributed by atoms with van der Waals surface area (Å²) in [4.78, 5) is 12.1. The zero-order valence-corrected chi connectivity index (χ0v) is 13.4. The molecule has 0 spiro atoms. The molecule has 0 radical (unpaired) electrons. The number of anilines is 1. The number of hydrogen-bond acceptors (Lipinski definition) is 3. The van der Waals surface area contributed by atoms with Crippen molar-refractivity contribution in [3.63, 3.8) is 0 Å². The van der Waals surface area contributed by atoms with Gasteiger partial charge in [0.1, 0.15) is 5.75 Å². The number of para-hydroxylation sites is 2. The number of benzene rings is 1. The number of rotatable bonds is 9. The summed E-state index contributed by atoms with van der Waals surface area (Å²) in [6, 6.07) is 7.52. The first-order valence-corrected chi connectivity index (χ1v) is 7.80. The number of ether oxygens (including phenoxy) is 1. The molecule has 1 rings (SSSR count). The van der Waals surface area contributed by atoms with Gasteiger partial charge in [-0.05, 0) is 50.3 Å². The average molecular weight is 292 g/mol. The quantitative estimate of drug-likeness (QED) is 0.733. The van der Waals surface area contributed by atoms with Crippen molar-refractivity contribution >= 4 is 11.6 Å². The minimum atomic E-state index is 0.0322. The van der Waals surface area contributed by atoms with E-state index in [-0.39, 0.29) is 5.91 Å². The lowest BCUT2D eigenvalue weighted by atomic mass is 9.88. The predicted octanol–water partition coefficient (Wildman–Crippen LogP) is 3.43. The molecule has 1 amide bonds. The number of nitrogens with two attached hydrogens (primary N) is 1. The van der Waals surface area contributed by atoms with Gasteiger partial charge < -0.3 is 15.8 Å². The van der Waals surface area contributed by atoms with Crippen LogP contribution in [0.3, 0.4) is 0 Å². The Hall–Kier alpha value is -1.55. The van der Waals surface area contributed by atoms with Crippen LogP contribution >= 0.6 is 0 Å². The first kappa shape index (κ1) is 17.5. The topological polar surface area (TPSA) is 64.3 Å². The summed E-state index contributed by atoms with van der Waals surface area (Å²) in [7, 11) is 0. The number of carbonyl (C=O) groups is 1. The summed E-state index contributed by atoms with van der Waals surface area (Å²) in [6.45, 7) is 7.56. The molecule has 21 heavy (non-hydrogen) atoms. The van der Waals surface area contributed by atoms with E-state index in [0.29, 0.717) is 31.4 Å². The van der Waals surface area contributed by atoms with Gasteiger partial charge in [0.15, 0.2) is 0 Å². The lowest BCUT2D eigenvalue weighted by Gasteiger charge is -2.19. The molecule has 0 fully saturated rings. The van der Waals surface area contributed by atoms with E-state index in [4.69, 9.17) is 10.5 Å². The molecule has 4 nitrogen and oxygen atoms in total. The van der Waals surface area contributed by atoms with Gasteiger partial charge in [0.25, 0.3) is 0 Å². The molecule has 0 aromatic heterocycles. The maximum absolute atomic E-state index is 12.1. The molecule has 1 atom stereocenters. The van der Waals surface area contributed by atoms with Gasteiger partial charge >= 0.3 is 0 Å². The fourth-order valence-corrected chi connectivity index (χ4v) is 2.41. The van der Waals surface area contributed by atoms with Crippen molar-refractivity contribution in [2.24, 2.45) is 17.6 Å². The van der Waals surface area contributed by atoms with Crippen LogP contribution in [0.5, 0.6) is 5.75 Å². The number of nitrogens with one attached hydrogen (secondary N) is 1. The minimum absolute atomic E-state index is 0.0322. The van der Waals surface area contributed by atoms with Crippen molar-refractivity contribution in [3.8, 4) is 5.75 Å². The van der Waals surface area contributed by atoms with E-state index in [0.717, 1.165) is 24.3 Å². The fourth-order valence-electron chi connectivity index (χ4n) is 2.41. The first-order chi connectivity index (χ1) is 10.1. The molecule has 0 aliphatic carbocycles. The van der Waals surface area contributed by atoms with Gasteiger partial charge in [0.2, 0.25) is 5.91 Å². The number of carbonyl (C=O) groups excluding carboxylic acids is 1. The predicted molar refractivity (Wildman–Crippen MR) is 87.5 cm³/mol. The lowest BCUT2D eigenvalue weighted by Crippen LogP contribution is -2.18. The van der Waals surface area contributed by atoms with Gasteiger partial charge in [-0.25, -0.2) is 0 Å². The molecule has 0 bridgehead atoms. The van der Waals surface area contributed by atoms with Crippen molar-refractivity contribution in [2.45, 2.75) is 40.0 Å². The van der Waals surface area contributed by atoms with Crippen LogP contribution in [0.4, 0.5) is 5.69 Å². The molecule has 0 saturated carbocycles. The van der Waals surface area contributed by atoms with Crippen molar-refractivity contribution in [1.29, 1.82) is 0 Å². The fraction of sp³-hybridized carbons (Fsp3) is 0.588. The van der Waals surface area contributed by atoms with Gasteiger partial charge in [0.05, 0.1) is 12.3 Å². The molecule has 1 aromatic rings. The van der Waals surface area contributed by atoms with Gasteiger partial charge in [-0.2, -0.15) is 0 Å². The van der Waals surface area contributed by atoms with Crippen LogP contribution in [0, 0.1) is 11.8 Å². The third-order valence-corrected chi connectivity index (χ3v) is 3.68. The maximum Gasteiger partial charge on any atom is 0.224 e. The Morgan fingerprint density at radius 2 is 2.00 bits per heavy atom. The number of amides is 1. The van der Waals surface area contributed by atoms with Crippen LogP contribution < -0.4 is 15.8 Å². The molecule has 0 heterocycles. The molecular weight excluding hydrogens is 264 g/mol. The second kappa shape index (κ2) is 9.40. The monoisotopic (exact) mass is 292 g/mol. The summed E-state index contributed by atoms with van der Waals surface area (Å²) < 4.78 is 5.51. The van der Waals surface area contributed by atoms with Crippen molar-refractivity contribution in [3.05, 3.63) is 24.3 Å². The number of hydrogen-bond donors (Lipinski definition) is 2. The minimum Gasteiger partial charge on any atom is -0.492 e. The van der Waals surface area contributed by atoms with Crippen molar-refractivity contribution < 1.29 is 9.53 Å². The van der Waals surface area contributed by atoms with E-state index in [9.17, 15) is 4.79 Å². The summed E-state index contributed by atoms with van der Waals surface area (Å²) >= 11 is 0. The molecule has 4 heteroatoms. The highest BCUT2D eigenvalue weighted by Crippen LogP contribution is 2.25. The molecule has 1 aromatic carbocycles. The van der Waals surface area contributed by atoms with Crippen LogP contribution in [-0.2, 0) is 4.79 Å². The van der Waals surface area contributed by atoms with Crippen molar-refractivity contribution in [2.75, 3.05) is 18.5 Å². The van der Waals surface area contributed by atoms with E-state index < -0.39 is 0 Å². The van der Waals surface area contributed by atoms with E-state index in [1.807, 2.05) is 31.2 Å². The Balaban J connectivity index is 2.53. The molecule has 0 saturated heterocycles. The summed E-state index contributed by atoms with van der Waals surface area (Å²) in [5, 5.41) is 2.94. The van der Waals surface area contributed by atoms with E-state index in [2.05, 4.69) is 19.2 Å². The SMILES string of the molecule is CCOc1ccccc1NC(=O)CCC(CCN)C(C)C. The zero-order chi connectivity index (χ0) is 15.7. The van der Waals surface area contributed by atoms with Gasteiger partial charge in [-0.1, -0.05) is 26.0 Å². The van der Waals surface area contributed by atoms with Gasteiger partial charge in [-0.3, -0.25) is 4.79 Å². The summed E-state index contributed by atoms with van der Waals surface area (Å²) in [5.41, 5.74) is 6.37. The van der Waals surface area contributed by atoms with E-state index in [1.54, 1.807) is 0 Å². The van der Waals surface area contributed by atoms with Crippen LogP contribution in [0.1, 0.15) is 40.0 Å². The zero-order valence-electron chi connectivity index (χ0n) is 13.4. The lowest BCUT2D eigenvalue weighted by molar-refractivity contribution is -0.116. The van der Waals surface area contributed by atoms with Crippen LogP contribution in [-0.4, -0.2) is 19.1 Å². The Bertz CT molecular complexity index is 433. The third-order valence-electron chi connectivity index (χ3n) is 3.68. The van der Waals surface area contributed by atoms with E-state index >= 15 is 0 Å². The standard InChI is InChI=1S/C17H28N2O2/c1-4-21-16-8-6-5-7-15(16)19-17(20)10-9-14(11-12-18)13(2)3/h5-8,13-14H,4,9-12,18H2,1-3H3,(H,19,20). The molecule has 1 unspecified atom stereocenters. The second-order valence-electron chi connectivity index (χ2n) is 5.60. The average Bonchev–Trinajstić information content (AvgIpc) is 2.45.